The van der Waals surface area contributed by atoms with E-state index in [1.54, 1.807) is 6.07 Å². The molecule has 106 valence electrons. The zero-order valence-electron chi connectivity index (χ0n) is 11.4. The molecule has 0 saturated heterocycles. The fourth-order valence-electron chi connectivity index (χ4n) is 2.17. The number of benzene rings is 2. The predicted molar refractivity (Wildman–Crippen MR) is 83.8 cm³/mol. The Kier molecular flexibility index (Phi) is 5.29. The molecule has 1 atom stereocenters. The highest BCUT2D eigenvalue weighted by molar-refractivity contribution is 9.10. The number of rotatable bonds is 5. The second kappa shape index (κ2) is 6.97. The summed E-state index contributed by atoms with van der Waals surface area (Å²) in [5, 5.41) is 0. The highest BCUT2D eigenvalue weighted by Gasteiger charge is 2.12. The lowest BCUT2D eigenvalue weighted by atomic mass is 9.99. The van der Waals surface area contributed by atoms with Crippen LogP contribution in [0.25, 0.3) is 0 Å². The average molecular weight is 337 g/mol. The van der Waals surface area contributed by atoms with Crippen molar-refractivity contribution in [2.45, 2.75) is 25.8 Å². The quantitative estimate of drug-likeness (QED) is 0.647. The van der Waals surface area contributed by atoms with Crippen LogP contribution in [0.15, 0.2) is 46.9 Å². The third-order valence-corrected chi connectivity index (χ3v) is 4.22. The first-order valence-corrected chi connectivity index (χ1v) is 7.34. The zero-order valence-corrected chi connectivity index (χ0v) is 13.0. The molecule has 0 aliphatic rings. The second-order valence-corrected chi connectivity index (χ2v) is 5.76. The number of nitrogens with one attached hydrogen (secondary N) is 1. The molecule has 2 rings (SSSR count). The van der Waals surface area contributed by atoms with Crippen molar-refractivity contribution in [3.8, 4) is 0 Å². The zero-order chi connectivity index (χ0) is 14.5. The molecule has 0 fully saturated rings. The molecule has 2 aromatic rings. The van der Waals surface area contributed by atoms with Gasteiger partial charge >= 0.3 is 0 Å². The van der Waals surface area contributed by atoms with Crippen LogP contribution in [0.3, 0.4) is 0 Å². The average Bonchev–Trinajstić information content (AvgIpc) is 2.45. The Bertz CT molecular complexity index is 569. The largest absolute Gasteiger partial charge is 0.271 e. The summed E-state index contributed by atoms with van der Waals surface area (Å²) in [5.74, 6) is 5.39. The molecule has 0 bridgehead atoms. The van der Waals surface area contributed by atoms with Gasteiger partial charge in [-0.1, -0.05) is 42.0 Å². The molecule has 0 radical (unpaired) electrons. The van der Waals surface area contributed by atoms with Crippen molar-refractivity contribution in [3.63, 3.8) is 0 Å². The molecular formula is C16H18BrFN2. The van der Waals surface area contributed by atoms with E-state index in [0.717, 1.165) is 12.0 Å². The van der Waals surface area contributed by atoms with Crippen molar-refractivity contribution >= 4 is 15.9 Å². The molecule has 1 unspecified atom stereocenters. The summed E-state index contributed by atoms with van der Waals surface area (Å²) in [4.78, 5) is 0. The fourth-order valence-corrected chi connectivity index (χ4v) is 2.60. The molecule has 4 heteroatoms. The number of hydrogen-bond acceptors (Lipinski definition) is 2. The van der Waals surface area contributed by atoms with Gasteiger partial charge in [0, 0.05) is 6.04 Å². The van der Waals surface area contributed by atoms with Crippen molar-refractivity contribution in [1.82, 2.24) is 5.43 Å². The van der Waals surface area contributed by atoms with Gasteiger partial charge in [-0.25, -0.2) is 4.39 Å². The minimum Gasteiger partial charge on any atom is -0.271 e. The van der Waals surface area contributed by atoms with Gasteiger partial charge in [-0.2, -0.15) is 0 Å². The van der Waals surface area contributed by atoms with Crippen molar-refractivity contribution in [1.29, 1.82) is 0 Å². The smallest absolute Gasteiger partial charge is 0.137 e. The van der Waals surface area contributed by atoms with Gasteiger partial charge in [0.15, 0.2) is 0 Å². The summed E-state index contributed by atoms with van der Waals surface area (Å²) in [6.45, 7) is 2.06. The Balaban J connectivity index is 2.09. The SMILES string of the molecule is Cc1ccc(CC(Cc2cccc(F)c2Br)NN)cc1. The van der Waals surface area contributed by atoms with Gasteiger partial charge in [0.05, 0.1) is 4.47 Å². The first-order chi connectivity index (χ1) is 9.60. The topological polar surface area (TPSA) is 38.0 Å². The molecular weight excluding hydrogens is 319 g/mol. The van der Waals surface area contributed by atoms with E-state index in [0.29, 0.717) is 10.9 Å². The molecule has 0 aromatic heterocycles. The lowest BCUT2D eigenvalue weighted by Gasteiger charge is -2.17. The van der Waals surface area contributed by atoms with Gasteiger partial charge < -0.3 is 0 Å². The van der Waals surface area contributed by atoms with Gasteiger partial charge in [0.2, 0.25) is 0 Å². The highest BCUT2D eigenvalue weighted by atomic mass is 79.9. The van der Waals surface area contributed by atoms with E-state index in [1.165, 1.54) is 17.2 Å². The maximum Gasteiger partial charge on any atom is 0.137 e. The van der Waals surface area contributed by atoms with Crippen LogP contribution in [0, 0.1) is 12.7 Å². The summed E-state index contributed by atoms with van der Waals surface area (Å²) >= 11 is 3.29. The number of hydrogen-bond donors (Lipinski definition) is 2. The van der Waals surface area contributed by atoms with Crippen molar-refractivity contribution < 1.29 is 4.39 Å². The first-order valence-electron chi connectivity index (χ1n) is 6.54. The van der Waals surface area contributed by atoms with Crippen LogP contribution in [0.2, 0.25) is 0 Å². The molecule has 2 aromatic carbocycles. The molecule has 0 heterocycles. The highest BCUT2D eigenvalue weighted by Crippen LogP contribution is 2.22. The van der Waals surface area contributed by atoms with Crippen LogP contribution in [0.4, 0.5) is 4.39 Å². The maximum absolute atomic E-state index is 13.5. The standard InChI is InChI=1S/C16H18BrFN2/c1-11-5-7-12(8-6-11)9-14(20-19)10-13-3-2-4-15(18)16(13)17/h2-8,14,20H,9-10,19H2,1H3. The van der Waals surface area contributed by atoms with Gasteiger partial charge in [-0.05, 0) is 52.9 Å². The van der Waals surface area contributed by atoms with Crippen LogP contribution in [-0.2, 0) is 12.8 Å². The second-order valence-electron chi connectivity index (χ2n) is 4.97. The van der Waals surface area contributed by atoms with E-state index < -0.39 is 0 Å². The fraction of sp³-hybridized carbons (Fsp3) is 0.250. The molecule has 2 nitrogen and oxygen atoms in total. The van der Waals surface area contributed by atoms with Crippen LogP contribution in [-0.4, -0.2) is 6.04 Å². The summed E-state index contributed by atoms with van der Waals surface area (Å²) in [6.07, 6.45) is 1.47. The van der Waals surface area contributed by atoms with E-state index in [-0.39, 0.29) is 11.9 Å². The molecule has 0 saturated carbocycles. The number of hydrazine groups is 1. The van der Waals surface area contributed by atoms with E-state index in [9.17, 15) is 4.39 Å². The number of aryl methyl sites for hydroxylation is 1. The lowest BCUT2D eigenvalue weighted by molar-refractivity contribution is 0.519. The van der Waals surface area contributed by atoms with E-state index in [4.69, 9.17) is 5.84 Å². The Labute approximate surface area is 127 Å². The summed E-state index contributed by atoms with van der Waals surface area (Å²) in [5.41, 5.74) is 6.18. The summed E-state index contributed by atoms with van der Waals surface area (Å²) < 4.78 is 14.0. The van der Waals surface area contributed by atoms with Crippen molar-refractivity contribution in [2.24, 2.45) is 5.84 Å². The molecule has 3 N–H and O–H groups in total. The first kappa shape index (κ1) is 15.2. The number of nitrogens with two attached hydrogens (primary N) is 1. The predicted octanol–water partition coefficient (Wildman–Crippen LogP) is 3.51. The lowest BCUT2D eigenvalue weighted by Crippen LogP contribution is -2.38. The Hall–Kier alpha value is -1.23. The minimum absolute atomic E-state index is 0.0656. The number of halogens is 2. The Morgan fingerprint density at radius 3 is 2.50 bits per heavy atom. The van der Waals surface area contributed by atoms with Crippen LogP contribution in [0.1, 0.15) is 16.7 Å². The third-order valence-electron chi connectivity index (χ3n) is 3.34. The van der Waals surface area contributed by atoms with Gasteiger partial charge in [0.25, 0.3) is 0 Å². The monoisotopic (exact) mass is 336 g/mol. The van der Waals surface area contributed by atoms with Crippen LogP contribution in [0.5, 0.6) is 0 Å². The van der Waals surface area contributed by atoms with Gasteiger partial charge in [0.1, 0.15) is 5.82 Å². The Morgan fingerprint density at radius 1 is 1.15 bits per heavy atom. The summed E-state index contributed by atoms with van der Waals surface area (Å²) in [6, 6.07) is 13.5. The summed E-state index contributed by atoms with van der Waals surface area (Å²) in [7, 11) is 0. The van der Waals surface area contributed by atoms with E-state index in [2.05, 4.69) is 52.5 Å². The molecule has 0 aliphatic carbocycles. The minimum atomic E-state index is -0.242. The Morgan fingerprint density at radius 2 is 1.85 bits per heavy atom. The normalized spacial score (nSPS) is 12.4. The van der Waals surface area contributed by atoms with Gasteiger partial charge in [-0.15, -0.1) is 0 Å². The van der Waals surface area contributed by atoms with Crippen molar-refractivity contribution in [2.75, 3.05) is 0 Å². The van der Waals surface area contributed by atoms with Crippen LogP contribution < -0.4 is 11.3 Å². The van der Waals surface area contributed by atoms with E-state index >= 15 is 0 Å². The van der Waals surface area contributed by atoms with E-state index in [1.807, 2.05) is 6.07 Å². The molecule has 0 aliphatic heterocycles. The van der Waals surface area contributed by atoms with Crippen LogP contribution >= 0.6 is 15.9 Å². The third kappa shape index (κ3) is 3.88. The molecule has 0 amide bonds. The maximum atomic E-state index is 13.5. The molecule has 0 spiro atoms. The van der Waals surface area contributed by atoms with Crippen molar-refractivity contribution in [3.05, 3.63) is 69.4 Å². The molecule has 20 heavy (non-hydrogen) atoms. The van der Waals surface area contributed by atoms with Gasteiger partial charge in [-0.3, -0.25) is 11.3 Å².